The van der Waals surface area contributed by atoms with Gasteiger partial charge in [0, 0.05) is 52.0 Å². The van der Waals surface area contributed by atoms with Gasteiger partial charge in [-0.1, -0.05) is 84.9 Å². The molecule has 24 nitrogen and oxygen atoms in total. The first-order valence-electron chi connectivity index (χ1n) is 19.8. The van der Waals surface area contributed by atoms with E-state index in [9.17, 15) is 33.7 Å². The van der Waals surface area contributed by atoms with Gasteiger partial charge in [-0.15, -0.1) is 12.6 Å². The Kier molecular flexibility index (Phi) is 18.0. The number of hydrogen-bond acceptors (Lipinski definition) is 18. The maximum Gasteiger partial charge on any atom is 2.00 e. The molecule has 30 heteroatoms. The molecule has 0 atom stereocenters. The van der Waals surface area contributed by atoms with E-state index in [1.54, 1.807) is 6.20 Å². The van der Waals surface area contributed by atoms with Gasteiger partial charge in [-0.05, 0) is 57.8 Å². The van der Waals surface area contributed by atoms with Crippen molar-refractivity contribution in [3.05, 3.63) is 121 Å². The largest absolute Gasteiger partial charge is 2.00 e. The maximum atomic E-state index is 10.8. The third-order valence-corrected chi connectivity index (χ3v) is 10.8. The van der Waals surface area contributed by atoms with Crippen LogP contribution in [0.1, 0.15) is 5.56 Å². The average molecular weight is 1130 g/mol. The topological polar surface area (TPSA) is 385 Å². The van der Waals surface area contributed by atoms with Gasteiger partial charge in [0.25, 0.3) is 20.2 Å². The van der Waals surface area contributed by atoms with Crippen molar-refractivity contribution >= 4 is 95.0 Å². The zero-order valence-corrected chi connectivity index (χ0v) is 42.2. The predicted octanol–water partition coefficient (Wildman–Crippen LogP) is 2.95. The summed E-state index contributed by atoms with van der Waals surface area (Å²) in [7, 11) is -17.3. The van der Waals surface area contributed by atoms with E-state index in [-0.39, 0.29) is 28.5 Å². The van der Waals surface area contributed by atoms with Gasteiger partial charge in [-0.2, -0.15) is 16.8 Å². The standard InChI is InChI=1S/C31H15N9.C9H13NO5S2.CH5NO2S.CH4O3S.Cu.O3S/c1-2-9-17-16(8-1)24-33-25(17)35-27-20-12-5-6-13-21(20)29(37-27)39-31-23-22(14-7-15-32-23)30(40-31)38-28-19-11-4-3-10-18(19)26(34-24)36-28;1-16(11,12)10-7-6-8-2-4-9(5-3-8)17(13,14)15;2*1-5(2,3)4;;1-4(2)3/h1-15H;2-5,10H,6-7H2,1H3,(H,13,14,15);1H3,(H2,2,3,4);1H3,(H,2,3,4);;/q-2;;;;+2;. The zero-order chi connectivity index (χ0) is 51.9. The molecule has 0 fully saturated rings. The number of sulfonamides is 2. The van der Waals surface area contributed by atoms with E-state index >= 15 is 0 Å². The SMILES string of the molecule is CS(=O)(=O)NCCc1ccc(S(=O)(=O)O)cc1.CS(=O)(=O)O.CS(N)(=O)=O.O=S(=O)=O.[Cu+2].c1ccc2c(c1)-c1nc-2nc2[n-]c(nc3[n-]c(nc4nc(n1)-c1ncccc1-4)c1ccccc31)c1ccccc21. The number of fused-ring (bicyclic) bond motifs is 20. The second-order valence-electron chi connectivity index (χ2n) is 14.8. The average Bonchev–Trinajstić information content (AvgIpc) is 4.01. The molecule has 1 radical (unpaired) electrons. The molecule has 0 unspecified atom stereocenters. The number of nitrogens with two attached hydrogens (primary N) is 1. The third-order valence-electron chi connectivity index (χ3n) is 9.18. The van der Waals surface area contributed by atoms with Crippen molar-refractivity contribution in [1.82, 2.24) is 49.6 Å². The fourth-order valence-electron chi connectivity index (χ4n) is 6.54. The molecular formula is C42H37CuN11O13S5. The molecule has 5 N–H and O–H groups in total. The summed E-state index contributed by atoms with van der Waals surface area (Å²) in [6.45, 7) is 0.240. The molecule has 0 saturated carbocycles. The molecule has 2 aliphatic heterocycles. The third kappa shape index (κ3) is 15.8. The van der Waals surface area contributed by atoms with Crippen molar-refractivity contribution in [2.45, 2.75) is 11.3 Å². The molecule has 8 aromatic rings. The minimum absolute atomic E-state index is 0. The van der Waals surface area contributed by atoms with Crippen molar-refractivity contribution in [3.8, 4) is 45.7 Å². The van der Waals surface area contributed by atoms with Gasteiger partial charge in [-0.3, -0.25) is 14.1 Å². The Labute approximate surface area is 422 Å². The van der Waals surface area contributed by atoms with Gasteiger partial charge < -0.3 is 24.9 Å². The summed E-state index contributed by atoms with van der Waals surface area (Å²) < 4.78 is 124. The molecular weight excluding hydrogens is 1090 g/mol. The number of pyridine rings is 1. The molecule has 0 spiro atoms. The summed E-state index contributed by atoms with van der Waals surface area (Å²) in [6, 6.07) is 33.1. The van der Waals surface area contributed by atoms with Crippen LogP contribution in [0.2, 0.25) is 0 Å². The first-order chi connectivity index (χ1) is 33.2. The Morgan fingerprint density at radius 3 is 1.32 bits per heavy atom. The van der Waals surface area contributed by atoms with Crippen LogP contribution in [0.5, 0.6) is 0 Å². The molecule has 8 bridgehead atoms. The molecule has 0 saturated heterocycles. The van der Waals surface area contributed by atoms with E-state index in [1.165, 1.54) is 24.3 Å². The number of hydrogen-bond donors (Lipinski definition) is 4. The normalized spacial score (nSPS) is 11.6. The molecule has 10 rings (SSSR count). The quantitative estimate of drug-likeness (QED) is 0.142. The Morgan fingerprint density at radius 2 is 0.903 bits per heavy atom. The fourth-order valence-corrected chi connectivity index (χ4v) is 7.50. The second-order valence-corrected chi connectivity index (χ2v) is 21.6. The molecule has 6 heterocycles. The van der Waals surface area contributed by atoms with E-state index < -0.39 is 50.9 Å². The summed E-state index contributed by atoms with van der Waals surface area (Å²) in [4.78, 5) is 43.4. The van der Waals surface area contributed by atoms with Crippen LogP contribution in [-0.2, 0) is 74.4 Å². The van der Waals surface area contributed by atoms with Gasteiger partial charge in [0.05, 0.1) is 35.3 Å². The van der Waals surface area contributed by atoms with Crippen LogP contribution in [0.3, 0.4) is 0 Å². The van der Waals surface area contributed by atoms with E-state index in [2.05, 4.69) is 14.8 Å². The van der Waals surface area contributed by atoms with Gasteiger partial charge in [0.1, 0.15) is 5.69 Å². The Balaban J connectivity index is 0.000000250. The summed E-state index contributed by atoms with van der Waals surface area (Å²) >= 11 is 0. The molecule has 0 amide bonds. The van der Waals surface area contributed by atoms with Crippen molar-refractivity contribution in [3.63, 3.8) is 0 Å². The fraction of sp³-hybridized carbons (Fsp3) is 0.119. The van der Waals surface area contributed by atoms with Crippen molar-refractivity contribution in [1.29, 1.82) is 0 Å². The van der Waals surface area contributed by atoms with Crippen LogP contribution in [0.4, 0.5) is 0 Å². The maximum absolute atomic E-state index is 10.8. The van der Waals surface area contributed by atoms with Gasteiger partial charge in [0.2, 0.25) is 20.0 Å². The summed E-state index contributed by atoms with van der Waals surface area (Å²) in [5, 5.41) is 7.85. The second kappa shape index (κ2) is 23.2. The number of rotatable bonds is 5. The molecule has 72 heavy (non-hydrogen) atoms. The number of benzene rings is 4. The van der Waals surface area contributed by atoms with Crippen molar-refractivity contribution in [2.24, 2.45) is 5.14 Å². The number of primary sulfonamides is 1. The molecule has 4 aromatic carbocycles. The molecule has 0 aliphatic carbocycles. The predicted molar refractivity (Wildman–Crippen MR) is 261 cm³/mol. The molecule has 2 aliphatic rings. The van der Waals surface area contributed by atoms with Crippen molar-refractivity contribution in [2.75, 3.05) is 25.3 Å². The van der Waals surface area contributed by atoms with Crippen LogP contribution >= 0.6 is 0 Å². The number of nitrogens with one attached hydrogen (secondary N) is 1. The first-order valence-corrected chi connectivity index (χ1v) is 28.0. The number of nitrogens with zero attached hydrogens (tertiary/aromatic N) is 9. The smallest absolute Gasteiger partial charge is 0.357 e. The van der Waals surface area contributed by atoms with Crippen LogP contribution in [0.25, 0.3) is 89.8 Å². The molecule has 4 aromatic heterocycles. The first kappa shape index (κ1) is 56.1. The van der Waals surface area contributed by atoms with E-state index in [4.69, 9.17) is 61.6 Å². The van der Waals surface area contributed by atoms with E-state index in [0.29, 0.717) is 64.3 Å². The minimum atomic E-state index is -4.17. The zero-order valence-electron chi connectivity index (χ0n) is 37.2. The number of aromatic nitrogens is 9. The van der Waals surface area contributed by atoms with Gasteiger partial charge >= 0.3 is 27.7 Å². The van der Waals surface area contributed by atoms with Crippen LogP contribution in [-0.4, -0.2) is 116 Å². The Morgan fingerprint density at radius 1 is 0.542 bits per heavy atom. The molecule has 379 valence electrons. The van der Waals surface area contributed by atoms with E-state index in [0.717, 1.165) is 56.3 Å². The summed E-state index contributed by atoms with van der Waals surface area (Å²) in [6.07, 6.45) is 4.89. The minimum Gasteiger partial charge on any atom is -0.357 e. The summed E-state index contributed by atoms with van der Waals surface area (Å²) in [5.74, 6) is 1.97. The van der Waals surface area contributed by atoms with Crippen LogP contribution < -0.4 is 19.8 Å². The van der Waals surface area contributed by atoms with Gasteiger partial charge in [0.15, 0.2) is 11.6 Å². The Bertz CT molecular complexity index is 3880. The van der Waals surface area contributed by atoms with Crippen LogP contribution in [0.15, 0.2) is 120 Å². The van der Waals surface area contributed by atoms with Gasteiger partial charge in [-0.25, -0.2) is 41.6 Å². The van der Waals surface area contributed by atoms with Crippen LogP contribution in [0, 0.1) is 0 Å². The summed E-state index contributed by atoms with van der Waals surface area (Å²) in [5.41, 5.74) is 6.08. The van der Waals surface area contributed by atoms with E-state index in [1.807, 2.05) is 84.9 Å². The Hall–Kier alpha value is -6.83. The van der Waals surface area contributed by atoms with Crippen molar-refractivity contribution < 1.29 is 72.5 Å². The monoisotopic (exact) mass is 1130 g/mol.